The van der Waals surface area contributed by atoms with Gasteiger partial charge in [0.15, 0.2) is 5.82 Å². The Balaban J connectivity index is 2.24. The van der Waals surface area contributed by atoms with Crippen molar-refractivity contribution in [3.8, 4) is 6.07 Å². The number of rotatable bonds is 4. The maximum absolute atomic E-state index is 8.68. The number of nitrogens with one attached hydrogen (secondary N) is 1. The van der Waals surface area contributed by atoms with E-state index < -0.39 is 0 Å². The normalized spacial score (nSPS) is 19.1. The van der Waals surface area contributed by atoms with Crippen LogP contribution in [0.4, 0.5) is 0 Å². The van der Waals surface area contributed by atoms with E-state index in [0.29, 0.717) is 12.4 Å². The van der Waals surface area contributed by atoms with Crippen LogP contribution in [-0.4, -0.2) is 21.8 Å². The molecule has 1 heterocycles. The van der Waals surface area contributed by atoms with E-state index in [1.54, 1.807) is 0 Å². The zero-order chi connectivity index (χ0) is 12.8. The highest BCUT2D eigenvalue weighted by atomic mass is 16.5. The van der Waals surface area contributed by atoms with Crippen LogP contribution in [-0.2, 0) is 16.8 Å². The summed E-state index contributed by atoms with van der Waals surface area (Å²) in [6, 6.07) is 2.08. The van der Waals surface area contributed by atoms with Gasteiger partial charge in [0.05, 0.1) is 12.5 Å². The standard InChI is InChI=1S/C13H20N4O/c1-2-18-13(8-5-3-4-6-9-13)12-15-11(7-10-14)16-17-12/h2-9H2,1H3,(H,15,16,17). The first-order valence-electron chi connectivity index (χ1n) is 6.73. The molecule has 1 aromatic rings. The molecule has 1 aliphatic carbocycles. The van der Waals surface area contributed by atoms with Crippen molar-refractivity contribution in [2.45, 2.75) is 57.5 Å². The molecule has 98 valence electrons. The van der Waals surface area contributed by atoms with Crippen LogP contribution in [0.3, 0.4) is 0 Å². The third-order valence-electron chi connectivity index (χ3n) is 3.52. The maximum atomic E-state index is 8.68. The molecule has 0 atom stereocenters. The summed E-state index contributed by atoms with van der Waals surface area (Å²) in [6.45, 7) is 2.68. The van der Waals surface area contributed by atoms with Crippen molar-refractivity contribution in [3.63, 3.8) is 0 Å². The third kappa shape index (κ3) is 2.70. The minimum Gasteiger partial charge on any atom is -0.367 e. The zero-order valence-electron chi connectivity index (χ0n) is 10.9. The highest BCUT2D eigenvalue weighted by Gasteiger charge is 2.37. The van der Waals surface area contributed by atoms with Crippen LogP contribution in [0.1, 0.15) is 57.1 Å². The Kier molecular flexibility index (Phi) is 4.32. The van der Waals surface area contributed by atoms with Gasteiger partial charge in [-0.3, -0.25) is 5.10 Å². The van der Waals surface area contributed by atoms with Crippen LogP contribution >= 0.6 is 0 Å². The molecule has 18 heavy (non-hydrogen) atoms. The molecule has 1 saturated carbocycles. The lowest BCUT2D eigenvalue weighted by Gasteiger charge is -2.29. The molecule has 0 spiro atoms. The van der Waals surface area contributed by atoms with Gasteiger partial charge in [-0.25, -0.2) is 4.98 Å². The van der Waals surface area contributed by atoms with Gasteiger partial charge in [-0.05, 0) is 19.8 Å². The topological polar surface area (TPSA) is 74.6 Å². The van der Waals surface area contributed by atoms with Crippen LogP contribution in [0.25, 0.3) is 0 Å². The quantitative estimate of drug-likeness (QED) is 0.830. The zero-order valence-corrected chi connectivity index (χ0v) is 10.9. The number of H-pyrrole nitrogens is 1. The van der Waals surface area contributed by atoms with Gasteiger partial charge < -0.3 is 4.74 Å². The summed E-state index contributed by atoms with van der Waals surface area (Å²) in [5.74, 6) is 1.37. The van der Waals surface area contributed by atoms with E-state index in [1.165, 1.54) is 12.8 Å². The van der Waals surface area contributed by atoms with E-state index in [2.05, 4.69) is 21.3 Å². The Morgan fingerprint density at radius 2 is 2.06 bits per heavy atom. The molecule has 5 heteroatoms. The van der Waals surface area contributed by atoms with E-state index in [1.807, 2.05) is 6.92 Å². The van der Waals surface area contributed by atoms with Crippen LogP contribution in [0.2, 0.25) is 0 Å². The average molecular weight is 248 g/mol. The van der Waals surface area contributed by atoms with Gasteiger partial charge in [0, 0.05) is 6.61 Å². The molecule has 5 nitrogen and oxygen atoms in total. The van der Waals surface area contributed by atoms with E-state index in [-0.39, 0.29) is 12.0 Å². The molecule has 1 fully saturated rings. The van der Waals surface area contributed by atoms with Crippen LogP contribution in [0.15, 0.2) is 0 Å². The summed E-state index contributed by atoms with van der Waals surface area (Å²) in [5.41, 5.74) is -0.338. The van der Waals surface area contributed by atoms with E-state index in [9.17, 15) is 0 Å². The van der Waals surface area contributed by atoms with Crippen molar-refractivity contribution in [3.05, 3.63) is 11.6 Å². The van der Waals surface area contributed by atoms with Gasteiger partial charge in [-0.15, -0.1) is 0 Å². The van der Waals surface area contributed by atoms with Gasteiger partial charge in [0.1, 0.15) is 11.4 Å². The van der Waals surface area contributed by atoms with E-state index in [4.69, 9.17) is 10.00 Å². The lowest BCUT2D eigenvalue weighted by atomic mass is 9.93. The SMILES string of the molecule is CCOC1(c2n[nH]c(CC#N)n2)CCCCCC1. The van der Waals surface area contributed by atoms with Gasteiger partial charge in [0.25, 0.3) is 0 Å². The molecule has 2 rings (SSSR count). The predicted octanol–water partition coefficient (Wildman–Crippen LogP) is 2.46. The van der Waals surface area contributed by atoms with Crippen LogP contribution in [0, 0.1) is 11.3 Å². The molecule has 0 unspecified atom stereocenters. The van der Waals surface area contributed by atoms with Crippen LogP contribution < -0.4 is 0 Å². The molecule has 0 bridgehead atoms. The monoisotopic (exact) mass is 248 g/mol. The largest absolute Gasteiger partial charge is 0.367 e. The van der Waals surface area contributed by atoms with Crippen molar-refractivity contribution < 1.29 is 4.74 Å². The van der Waals surface area contributed by atoms with E-state index >= 15 is 0 Å². The molecule has 0 saturated heterocycles. The Labute approximate surface area is 108 Å². The number of ether oxygens (including phenoxy) is 1. The molecule has 1 N–H and O–H groups in total. The number of hydrogen-bond donors (Lipinski definition) is 1. The second-order valence-electron chi connectivity index (χ2n) is 4.78. The summed E-state index contributed by atoms with van der Waals surface area (Å²) >= 11 is 0. The van der Waals surface area contributed by atoms with Gasteiger partial charge in [-0.2, -0.15) is 10.4 Å². The predicted molar refractivity (Wildman–Crippen MR) is 66.7 cm³/mol. The molecule has 0 amide bonds. The Morgan fingerprint density at radius 3 is 2.67 bits per heavy atom. The molecule has 0 radical (unpaired) electrons. The van der Waals surface area contributed by atoms with Gasteiger partial charge >= 0.3 is 0 Å². The fraction of sp³-hybridized carbons (Fsp3) is 0.769. The Bertz CT molecular complexity index is 413. The molecule has 1 aromatic heterocycles. The molecular formula is C13H20N4O. The summed E-state index contributed by atoms with van der Waals surface area (Å²) in [6.07, 6.45) is 7.05. The lowest BCUT2D eigenvalue weighted by Crippen LogP contribution is -2.31. The highest BCUT2D eigenvalue weighted by Crippen LogP contribution is 2.37. The number of aromatic amines is 1. The summed E-state index contributed by atoms with van der Waals surface area (Å²) in [4.78, 5) is 4.44. The molecule has 1 aliphatic rings. The smallest absolute Gasteiger partial charge is 0.182 e. The molecule has 0 aliphatic heterocycles. The summed E-state index contributed by atoms with van der Waals surface area (Å²) in [7, 11) is 0. The van der Waals surface area contributed by atoms with Crippen molar-refractivity contribution in [1.29, 1.82) is 5.26 Å². The van der Waals surface area contributed by atoms with Crippen LogP contribution in [0.5, 0.6) is 0 Å². The summed E-state index contributed by atoms with van der Waals surface area (Å²) in [5, 5.41) is 15.8. The molecular weight excluding hydrogens is 228 g/mol. The van der Waals surface area contributed by atoms with Gasteiger partial charge in [-0.1, -0.05) is 25.7 Å². The second kappa shape index (κ2) is 5.96. The van der Waals surface area contributed by atoms with Crippen molar-refractivity contribution >= 4 is 0 Å². The lowest BCUT2D eigenvalue weighted by molar-refractivity contribution is -0.0622. The van der Waals surface area contributed by atoms with Crippen molar-refractivity contribution in [2.75, 3.05) is 6.61 Å². The number of nitriles is 1. The van der Waals surface area contributed by atoms with Crippen molar-refractivity contribution in [2.24, 2.45) is 0 Å². The van der Waals surface area contributed by atoms with Crippen molar-refractivity contribution in [1.82, 2.24) is 15.2 Å². The van der Waals surface area contributed by atoms with E-state index in [0.717, 1.165) is 31.5 Å². The first-order valence-corrected chi connectivity index (χ1v) is 6.73. The number of hydrogen-bond acceptors (Lipinski definition) is 4. The third-order valence-corrected chi connectivity index (χ3v) is 3.52. The first-order chi connectivity index (χ1) is 8.80. The number of nitrogens with zero attached hydrogens (tertiary/aromatic N) is 3. The minimum absolute atomic E-state index is 0.273. The highest BCUT2D eigenvalue weighted by molar-refractivity contribution is 5.06. The first kappa shape index (κ1) is 13.0. The maximum Gasteiger partial charge on any atom is 0.182 e. The Hall–Kier alpha value is -1.41. The van der Waals surface area contributed by atoms with Gasteiger partial charge in [0.2, 0.25) is 0 Å². The second-order valence-corrected chi connectivity index (χ2v) is 4.78. The average Bonchev–Trinajstić information content (AvgIpc) is 2.70. The fourth-order valence-corrected chi connectivity index (χ4v) is 2.66. The molecule has 0 aromatic carbocycles. The Morgan fingerprint density at radius 1 is 1.33 bits per heavy atom. The fourth-order valence-electron chi connectivity index (χ4n) is 2.66. The number of aromatic nitrogens is 3. The minimum atomic E-state index is -0.338. The summed E-state index contributed by atoms with van der Waals surface area (Å²) < 4.78 is 6.00.